The summed E-state index contributed by atoms with van der Waals surface area (Å²) < 4.78 is 36.4. The molecule has 0 saturated carbocycles. The zero-order chi connectivity index (χ0) is 14.8. The van der Waals surface area contributed by atoms with Crippen molar-refractivity contribution in [1.29, 1.82) is 0 Å². The minimum Gasteiger partial charge on any atom is -0.378 e. The largest absolute Gasteiger partial charge is 0.378 e. The zero-order valence-electron chi connectivity index (χ0n) is 11.5. The number of aryl methyl sites for hydroxylation is 2. The van der Waals surface area contributed by atoms with Crippen LogP contribution in [0.2, 0.25) is 0 Å². The third kappa shape index (κ3) is 3.37. The quantitative estimate of drug-likeness (QED) is 0.873. The van der Waals surface area contributed by atoms with E-state index >= 15 is 0 Å². The van der Waals surface area contributed by atoms with E-state index < -0.39 is 15.9 Å². The molecule has 7 nitrogen and oxygen atoms in total. The summed E-state index contributed by atoms with van der Waals surface area (Å²) in [6.07, 6.45) is 2.62. The highest BCUT2D eigenvalue weighted by Crippen LogP contribution is 2.19. The fraction of sp³-hybridized carbons (Fsp3) is 0.667. The summed E-state index contributed by atoms with van der Waals surface area (Å²) in [4.78, 5) is 11.7. The van der Waals surface area contributed by atoms with E-state index in [0.717, 1.165) is 12.8 Å². The van der Waals surface area contributed by atoms with Crippen molar-refractivity contribution in [3.8, 4) is 0 Å². The summed E-state index contributed by atoms with van der Waals surface area (Å²) in [5.41, 5.74) is 0.238. The highest BCUT2D eigenvalue weighted by atomic mass is 32.2. The second kappa shape index (κ2) is 5.92. The number of hydrogen-bond donors (Lipinski definition) is 1. The number of amides is 1. The molecular formula is C12H18N2O5S. The average Bonchev–Trinajstić information content (AvgIpc) is 2.96. The van der Waals surface area contributed by atoms with E-state index in [0.29, 0.717) is 13.0 Å². The molecule has 1 saturated heterocycles. The van der Waals surface area contributed by atoms with Crippen LogP contribution in [0.4, 0.5) is 0 Å². The van der Waals surface area contributed by atoms with Crippen LogP contribution in [0.25, 0.3) is 0 Å². The van der Waals surface area contributed by atoms with E-state index in [9.17, 15) is 13.2 Å². The van der Waals surface area contributed by atoms with Crippen molar-refractivity contribution < 1.29 is 22.5 Å². The van der Waals surface area contributed by atoms with Crippen LogP contribution < -0.4 is 4.72 Å². The van der Waals surface area contributed by atoms with Gasteiger partial charge in [-0.1, -0.05) is 5.16 Å². The van der Waals surface area contributed by atoms with Gasteiger partial charge in [0, 0.05) is 13.0 Å². The summed E-state index contributed by atoms with van der Waals surface area (Å²) in [6, 6.07) is 0. The Morgan fingerprint density at radius 3 is 2.75 bits per heavy atom. The Hall–Kier alpha value is -1.41. The van der Waals surface area contributed by atoms with Crippen LogP contribution in [0, 0.1) is 13.8 Å². The number of nitrogens with one attached hydrogen (secondary N) is 1. The van der Waals surface area contributed by atoms with Gasteiger partial charge in [0.05, 0.1) is 6.10 Å². The molecule has 112 valence electrons. The predicted molar refractivity (Wildman–Crippen MR) is 69.5 cm³/mol. The Balaban J connectivity index is 1.96. The third-order valence-corrected chi connectivity index (χ3v) is 4.82. The molecule has 0 aliphatic carbocycles. The molecule has 1 aromatic heterocycles. The van der Waals surface area contributed by atoms with Crippen molar-refractivity contribution in [2.24, 2.45) is 0 Å². The molecule has 0 unspecified atom stereocenters. The van der Waals surface area contributed by atoms with E-state index in [2.05, 4.69) is 5.16 Å². The van der Waals surface area contributed by atoms with Gasteiger partial charge in [-0.15, -0.1) is 0 Å². The molecule has 0 radical (unpaired) electrons. The zero-order valence-corrected chi connectivity index (χ0v) is 12.3. The number of ether oxygens (including phenoxy) is 1. The van der Waals surface area contributed by atoms with Crippen molar-refractivity contribution >= 4 is 15.9 Å². The van der Waals surface area contributed by atoms with Crippen molar-refractivity contribution in [3.63, 3.8) is 0 Å². The predicted octanol–water partition coefficient (Wildman–Crippen LogP) is 1.06. The van der Waals surface area contributed by atoms with E-state index in [1.165, 1.54) is 13.8 Å². The summed E-state index contributed by atoms with van der Waals surface area (Å²) in [6.45, 7) is 3.72. The minimum atomic E-state index is -3.92. The van der Waals surface area contributed by atoms with Crippen molar-refractivity contribution in [1.82, 2.24) is 9.88 Å². The smallest absolute Gasteiger partial charge is 0.269 e. The standard InChI is InChI=1S/C12H18N2O5S/c1-8-12(9(2)19-13-8)20(16,17)14-11(15)6-5-10-4-3-7-18-10/h10H,3-7H2,1-2H3,(H,14,15)/t10-/m1/s1. The normalized spacial score (nSPS) is 19.2. The first-order valence-electron chi connectivity index (χ1n) is 6.50. The van der Waals surface area contributed by atoms with Crippen LogP contribution in [0.1, 0.15) is 37.1 Å². The Morgan fingerprint density at radius 1 is 1.45 bits per heavy atom. The molecule has 2 rings (SSSR count). The third-order valence-electron chi connectivity index (χ3n) is 3.20. The Morgan fingerprint density at radius 2 is 2.20 bits per heavy atom. The highest BCUT2D eigenvalue weighted by molar-refractivity contribution is 7.90. The molecule has 0 spiro atoms. The molecule has 1 N–H and O–H groups in total. The van der Waals surface area contributed by atoms with Gasteiger partial charge in [0.25, 0.3) is 10.0 Å². The molecule has 1 fully saturated rings. The number of rotatable bonds is 5. The lowest BCUT2D eigenvalue weighted by atomic mass is 10.1. The average molecular weight is 302 g/mol. The number of nitrogens with zero attached hydrogens (tertiary/aromatic N) is 1. The molecule has 1 aliphatic heterocycles. The van der Waals surface area contributed by atoms with E-state index in [4.69, 9.17) is 9.26 Å². The molecular weight excluding hydrogens is 284 g/mol. The number of carbonyl (C=O) groups is 1. The maximum absolute atomic E-state index is 12.1. The molecule has 0 bridgehead atoms. The molecule has 1 aliphatic rings. The molecule has 1 aromatic rings. The van der Waals surface area contributed by atoms with Gasteiger partial charge in [0.1, 0.15) is 5.69 Å². The topological polar surface area (TPSA) is 98.5 Å². The summed E-state index contributed by atoms with van der Waals surface area (Å²) >= 11 is 0. The van der Waals surface area contributed by atoms with Crippen LogP contribution in [0.3, 0.4) is 0 Å². The first kappa shape index (κ1) is 15.0. The van der Waals surface area contributed by atoms with Crippen LogP contribution in [0.15, 0.2) is 9.42 Å². The van der Waals surface area contributed by atoms with Gasteiger partial charge in [-0.05, 0) is 33.1 Å². The molecule has 8 heteroatoms. The maximum atomic E-state index is 12.1. The van der Waals surface area contributed by atoms with Crippen LogP contribution in [-0.2, 0) is 19.6 Å². The Labute approximate surface area is 117 Å². The van der Waals surface area contributed by atoms with Crippen LogP contribution >= 0.6 is 0 Å². The second-order valence-corrected chi connectivity index (χ2v) is 6.47. The van der Waals surface area contributed by atoms with Crippen molar-refractivity contribution in [2.75, 3.05) is 6.61 Å². The maximum Gasteiger partial charge on any atom is 0.269 e. The van der Waals surface area contributed by atoms with Gasteiger partial charge < -0.3 is 9.26 Å². The van der Waals surface area contributed by atoms with Gasteiger partial charge in [-0.3, -0.25) is 4.79 Å². The summed E-state index contributed by atoms with van der Waals surface area (Å²) in [7, 11) is -3.92. The summed E-state index contributed by atoms with van der Waals surface area (Å²) in [5, 5.41) is 3.57. The van der Waals surface area contributed by atoms with E-state index in [1.54, 1.807) is 0 Å². The molecule has 1 amide bonds. The Bertz CT molecular complexity index is 567. The fourth-order valence-corrected chi connectivity index (χ4v) is 3.62. The van der Waals surface area contributed by atoms with Gasteiger partial charge >= 0.3 is 0 Å². The second-order valence-electron chi connectivity index (χ2n) is 4.86. The minimum absolute atomic E-state index is 0.0579. The first-order valence-corrected chi connectivity index (χ1v) is 7.98. The molecule has 0 aromatic carbocycles. The summed E-state index contributed by atoms with van der Waals surface area (Å²) in [5.74, 6) is -0.373. The van der Waals surface area contributed by atoms with Crippen LogP contribution in [0.5, 0.6) is 0 Å². The number of aromatic nitrogens is 1. The fourth-order valence-electron chi connectivity index (χ4n) is 2.27. The van der Waals surface area contributed by atoms with Crippen molar-refractivity contribution in [2.45, 2.75) is 50.5 Å². The Kier molecular flexibility index (Phi) is 4.44. The van der Waals surface area contributed by atoms with Gasteiger partial charge in [0.15, 0.2) is 10.7 Å². The van der Waals surface area contributed by atoms with Crippen LogP contribution in [-0.4, -0.2) is 32.2 Å². The number of carbonyl (C=O) groups excluding carboxylic acids is 1. The van der Waals surface area contributed by atoms with Gasteiger partial charge in [-0.25, -0.2) is 13.1 Å². The van der Waals surface area contributed by atoms with Gasteiger partial charge in [-0.2, -0.15) is 0 Å². The number of hydrogen-bond acceptors (Lipinski definition) is 6. The first-order chi connectivity index (χ1) is 9.40. The molecule has 2 heterocycles. The lowest BCUT2D eigenvalue weighted by Crippen LogP contribution is -2.31. The van der Waals surface area contributed by atoms with E-state index in [-0.39, 0.29) is 28.9 Å². The van der Waals surface area contributed by atoms with Crippen molar-refractivity contribution in [3.05, 3.63) is 11.5 Å². The number of sulfonamides is 1. The van der Waals surface area contributed by atoms with E-state index in [1.807, 2.05) is 4.72 Å². The lowest BCUT2D eigenvalue weighted by molar-refractivity contribution is -0.119. The van der Waals surface area contributed by atoms with Gasteiger partial charge in [0.2, 0.25) is 5.91 Å². The molecule has 20 heavy (non-hydrogen) atoms. The lowest BCUT2D eigenvalue weighted by Gasteiger charge is -2.09. The molecule has 1 atom stereocenters. The highest BCUT2D eigenvalue weighted by Gasteiger charge is 2.26. The monoisotopic (exact) mass is 302 g/mol. The SMILES string of the molecule is Cc1noc(C)c1S(=O)(=O)NC(=O)CC[C@H]1CCCO1.